The number of piperidine rings is 2. The minimum atomic E-state index is -1.54. The molecule has 0 aliphatic carbocycles. The summed E-state index contributed by atoms with van der Waals surface area (Å²) in [5.41, 5.74) is 5.19. The molecule has 5 aromatic rings. The number of ether oxygens (including phenoxy) is 1. The van der Waals surface area contributed by atoms with E-state index >= 15 is 0 Å². The number of rotatable bonds is 10. The highest BCUT2D eigenvalue weighted by molar-refractivity contribution is 7.22. The molecule has 0 radical (unpaired) electrons. The maximum atomic E-state index is 13.1. The molecule has 12 nitrogen and oxygen atoms in total. The zero-order valence-corrected chi connectivity index (χ0v) is 33.0. The Balaban J connectivity index is 0.750. The van der Waals surface area contributed by atoms with E-state index < -0.39 is 13.2 Å². The Hall–Kier alpha value is -5.41. The van der Waals surface area contributed by atoms with Crippen LogP contribution in [0.25, 0.3) is 20.5 Å². The van der Waals surface area contributed by atoms with Gasteiger partial charge in [0.15, 0.2) is 5.75 Å². The smallest absolute Gasteiger partial charge is 0.488 e. The predicted octanol–water partition coefficient (Wildman–Crippen LogP) is 4.94. The number of phenolic OH excluding ortho intramolecular Hbond substituents is 1. The van der Waals surface area contributed by atoms with E-state index in [2.05, 4.69) is 38.2 Å². The van der Waals surface area contributed by atoms with E-state index in [4.69, 9.17) is 4.74 Å². The van der Waals surface area contributed by atoms with Gasteiger partial charge in [0.2, 0.25) is 11.8 Å². The van der Waals surface area contributed by atoms with Crippen LogP contribution in [-0.4, -0.2) is 102 Å². The average Bonchev–Trinajstić information content (AvgIpc) is 3.76. The maximum Gasteiger partial charge on any atom is 0.488 e. The molecule has 9 rings (SSSR count). The molecule has 4 aliphatic heterocycles. The van der Waals surface area contributed by atoms with Gasteiger partial charge >= 0.3 is 7.12 Å². The number of thiophene rings is 1. The number of piperazine rings is 1. The zero-order chi connectivity index (χ0) is 39.9. The van der Waals surface area contributed by atoms with E-state index in [0.29, 0.717) is 35.7 Å². The molecule has 4 aromatic carbocycles. The molecule has 298 valence electrons. The monoisotopic (exact) mass is 799 g/mol. The first-order valence-corrected chi connectivity index (χ1v) is 21.0. The molecule has 0 saturated carbocycles. The lowest BCUT2D eigenvalue weighted by Gasteiger charge is -2.38. The van der Waals surface area contributed by atoms with Crippen LogP contribution in [-0.2, 0) is 16.1 Å². The number of amides is 3. The number of anilines is 2. The molecule has 14 heteroatoms. The van der Waals surface area contributed by atoms with Crippen molar-refractivity contribution in [1.29, 1.82) is 0 Å². The van der Waals surface area contributed by atoms with Crippen LogP contribution >= 0.6 is 11.3 Å². The third kappa shape index (κ3) is 7.77. The van der Waals surface area contributed by atoms with Crippen LogP contribution in [0.5, 0.6) is 17.2 Å². The first-order chi connectivity index (χ1) is 28.2. The number of hydrogen-bond donors (Lipinski definition) is 4. The fourth-order valence-electron chi connectivity index (χ4n) is 8.83. The summed E-state index contributed by atoms with van der Waals surface area (Å²) in [4.78, 5) is 47.1. The number of carbonyl (C=O) groups excluding carboxylic acids is 3. The number of phenols is 1. The Morgan fingerprint density at radius 2 is 1.52 bits per heavy atom. The minimum Gasteiger partial charge on any atom is -0.508 e. The SMILES string of the molecule is O=C1CCC(N2Cc3cc(N4CCN(CCC5CCN(c6ccc(Oc7c(-c8ccc(B(O)O)cc8)sc8cc(O)ccc78)cc6)CC5)CC4)ccc3C2=O)C(=O)N1. The van der Waals surface area contributed by atoms with Crippen molar-refractivity contribution in [2.75, 3.05) is 55.6 Å². The molecule has 4 N–H and O–H groups in total. The number of aromatic hydroxyl groups is 1. The number of benzene rings is 4. The lowest BCUT2D eigenvalue weighted by Crippen LogP contribution is -2.52. The second-order valence-electron chi connectivity index (χ2n) is 15.8. The van der Waals surface area contributed by atoms with Crippen LogP contribution in [0.2, 0.25) is 0 Å². The second-order valence-corrected chi connectivity index (χ2v) is 16.9. The number of hydrogen-bond acceptors (Lipinski definition) is 11. The van der Waals surface area contributed by atoms with Gasteiger partial charge in [0.25, 0.3) is 5.91 Å². The van der Waals surface area contributed by atoms with E-state index in [0.717, 1.165) is 96.2 Å². The lowest BCUT2D eigenvalue weighted by molar-refractivity contribution is -0.136. The Morgan fingerprint density at radius 3 is 2.24 bits per heavy atom. The summed E-state index contributed by atoms with van der Waals surface area (Å²) >= 11 is 1.52. The Bertz CT molecular complexity index is 2340. The molecular formula is C44H46BN5O7S. The first-order valence-electron chi connectivity index (χ1n) is 20.2. The fraction of sp³-hybridized carbons (Fsp3) is 0.341. The summed E-state index contributed by atoms with van der Waals surface area (Å²) in [5, 5.41) is 32.5. The molecular weight excluding hydrogens is 753 g/mol. The van der Waals surface area contributed by atoms with Crippen LogP contribution in [0, 0.1) is 5.92 Å². The summed E-state index contributed by atoms with van der Waals surface area (Å²) in [6.45, 7) is 7.37. The molecule has 3 saturated heterocycles. The van der Waals surface area contributed by atoms with Crippen molar-refractivity contribution in [2.45, 2.75) is 44.7 Å². The molecule has 1 unspecified atom stereocenters. The van der Waals surface area contributed by atoms with Crippen LogP contribution in [0.3, 0.4) is 0 Å². The van der Waals surface area contributed by atoms with Gasteiger partial charge in [-0.1, -0.05) is 24.3 Å². The molecule has 0 bridgehead atoms. The van der Waals surface area contributed by atoms with Crippen LogP contribution in [0.15, 0.2) is 84.9 Å². The van der Waals surface area contributed by atoms with E-state index in [-0.39, 0.29) is 29.9 Å². The van der Waals surface area contributed by atoms with Crippen molar-refractivity contribution in [1.82, 2.24) is 15.1 Å². The van der Waals surface area contributed by atoms with Gasteiger partial charge < -0.3 is 34.6 Å². The van der Waals surface area contributed by atoms with E-state index in [1.165, 1.54) is 23.4 Å². The van der Waals surface area contributed by atoms with Gasteiger partial charge in [-0.2, -0.15) is 0 Å². The highest BCUT2D eigenvalue weighted by Crippen LogP contribution is 2.47. The Kier molecular flexibility index (Phi) is 10.6. The molecule has 58 heavy (non-hydrogen) atoms. The van der Waals surface area contributed by atoms with E-state index in [1.807, 2.05) is 42.5 Å². The van der Waals surface area contributed by atoms with Crippen LogP contribution < -0.4 is 25.3 Å². The van der Waals surface area contributed by atoms with Gasteiger partial charge in [0.05, 0.1) is 4.88 Å². The van der Waals surface area contributed by atoms with E-state index in [1.54, 1.807) is 29.2 Å². The molecule has 4 aliphatic rings. The van der Waals surface area contributed by atoms with Crippen molar-refractivity contribution in [3.8, 4) is 27.7 Å². The van der Waals surface area contributed by atoms with E-state index in [9.17, 15) is 29.5 Å². The first kappa shape index (κ1) is 38.1. The standard InChI is InChI=1S/C44H46BN5O7S/c51-34-8-12-37-39(26-34)58-42(29-1-3-31(4-2-29)45(55)56)41(37)57-35-9-5-32(6-10-35)48-19-16-28(17-20-48)15-18-47-21-23-49(24-22-47)33-7-11-36-30(25-33)27-50(44(36)54)38-13-14-40(52)46-43(38)53/h1-12,25-26,28,38,51,55-56H,13-24,27H2,(H,46,52,53). The highest BCUT2D eigenvalue weighted by Gasteiger charge is 2.39. The van der Waals surface area contributed by atoms with Gasteiger partial charge in [-0.25, -0.2) is 0 Å². The molecule has 1 aromatic heterocycles. The summed E-state index contributed by atoms with van der Waals surface area (Å²) < 4.78 is 7.44. The molecule has 3 fully saturated rings. The van der Waals surface area contributed by atoms with Crippen molar-refractivity contribution in [3.05, 3.63) is 96.1 Å². The molecule has 5 heterocycles. The van der Waals surface area contributed by atoms with Gasteiger partial charge in [0.1, 0.15) is 17.5 Å². The molecule has 1 atom stereocenters. The summed E-state index contributed by atoms with van der Waals surface area (Å²) in [6.07, 6.45) is 4.13. The van der Waals surface area contributed by atoms with Crippen molar-refractivity contribution < 1.29 is 34.3 Å². The topological polar surface area (TPSA) is 146 Å². The summed E-state index contributed by atoms with van der Waals surface area (Å²) in [7, 11) is -1.54. The van der Waals surface area contributed by atoms with Gasteiger partial charge in [-0.05, 0) is 115 Å². The number of nitrogens with zero attached hydrogens (tertiary/aromatic N) is 4. The summed E-state index contributed by atoms with van der Waals surface area (Å²) in [5.74, 6) is 1.51. The average molecular weight is 800 g/mol. The maximum absolute atomic E-state index is 13.1. The molecule has 0 spiro atoms. The van der Waals surface area contributed by atoms with Gasteiger partial charge in [-0.3, -0.25) is 24.6 Å². The third-order valence-electron chi connectivity index (χ3n) is 12.2. The van der Waals surface area contributed by atoms with Gasteiger partial charge in [0, 0.05) is 79.3 Å². The minimum absolute atomic E-state index is 0.136. The number of fused-ring (bicyclic) bond motifs is 2. The third-order valence-corrected chi connectivity index (χ3v) is 13.4. The highest BCUT2D eigenvalue weighted by atomic mass is 32.1. The van der Waals surface area contributed by atoms with Crippen LogP contribution in [0.1, 0.15) is 48.0 Å². The number of nitrogens with one attached hydrogen (secondary N) is 1. The zero-order valence-electron chi connectivity index (χ0n) is 32.2. The largest absolute Gasteiger partial charge is 0.508 e. The Labute approximate surface area is 341 Å². The Morgan fingerprint density at radius 1 is 0.793 bits per heavy atom. The fourth-order valence-corrected chi connectivity index (χ4v) is 10.0. The number of carbonyl (C=O) groups is 3. The van der Waals surface area contributed by atoms with Gasteiger partial charge in [-0.15, -0.1) is 11.3 Å². The molecule has 3 amide bonds. The number of imide groups is 1. The van der Waals surface area contributed by atoms with Crippen molar-refractivity contribution >= 4 is 63.1 Å². The normalized spacial score (nSPS) is 19.2. The van der Waals surface area contributed by atoms with Crippen LogP contribution in [0.4, 0.5) is 11.4 Å². The predicted molar refractivity (Wildman–Crippen MR) is 226 cm³/mol. The summed E-state index contributed by atoms with van der Waals surface area (Å²) in [6, 6.07) is 26.0. The second kappa shape index (κ2) is 16.1. The quantitative estimate of drug-likeness (QED) is 0.113. The van der Waals surface area contributed by atoms with Crippen molar-refractivity contribution in [2.24, 2.45) is 5.92 Å². The van der Waals surface area contributed by atoms with Crippen molar-refractivity contribution in [3.63, 3.8) is 0 Å². The lowest BCUT2D eigenvalue weighted by atomic mass is 9.80.